The molecule has 3 aromatic rings. The molecule has 0 fully saturated rings. The second-order valence-electron chi connectivity index (χ2n) is 8.46. The molecule has 0 amide bonds. The summed E-state index contributed by atoms with van der Waals surface area (Å²) in [6, 6.07) is 15.5. The van der Waals surface area contributed by atoms with E-state index in [1.54, 1.807) is 29.3 Å². The molecule has 34 heavy (non-hydrogen) atoms. The fraction of sp³-hybridized carbons (Fsp3) is 0.192. The minimum atomic E-state index is -0.528. The second kappa shape index (κ2) is 8.64. The molecule has 2 aromatic carbocycles. The highest BCUT2D eigenvalue weighted by atomic mass is 16.5. The highest BCUT2D eigenvalue weighted by Gasteiger charge is 2.41. The van der Waals surface area contributed by atoms with Crippen molar-refractivity contribution in [3.63, 3.8) is 0 Å². The summed E-state index contributed by atoms with van der Waals surface area (Å²) >= 11 is 0. The van der Waals surface area contributed by atoms with Crippen LogP contribution < -0.4 is 15.0 Å². The number of aromatic hydroxyl groups is 1. The van der Waals surface area contributed by atoms with Gasteiger partial charge in [0.1, 0.15) is 23.0 Å². The van der Waals surface area contributed by atoms with Crippen molar-refractivity contribution >= 4 is 23.1 Å². The number of carbonyl (C=O) groups is 2. The van der Waals surface area contributed by atoms with Gasteiger partial charge < -0.3 is 25.0 Å². The van der Waals surface area contributed by atoms with Gasteiger partial charge in [0.25, 0.3) is 0 Å². The number of nitrogens with one attached hydrogen (secondary N) is 1. The number of ketones is 2. The van der Waals surface area contributed by atoms with E-state index in [-0.39, 0.29) is 34.1 Å². The molecule has 8 heteroatoms. The van der Waals surface area contributed by atoms with E-state index in [9.17, 15) is 14.7 Å². The van der Waals surface area contributed by atoms with Crippen molar-refractivity contribution in [3.05, 3.63) is 88.9 Å². The Morgan fingerprint density at radius 2 is 1.88 bits per heavy atom. The van der Waals surface area contributed by atoms with Crippen LogP contribution in [0.5, 0.6) is 11.5 Å². The lowest BCUT2D eigenvalue weighted by atomic mass is 9.89. The van der Waals surface area contributed by atoms with Gasteiger partial charge in [-0.15, -0.1) is 0 Å². The van der Waals surface area contributed by atoms with Crippen LogP contribution in [0, 0.1) is 0 Å². The van der Waals surface area contributed by atoms with Crippen LogP contribution >= 0.6 is 0 Å². The molecule has 1 aliphatic heterocycles. The molecule has 2 heterocycles. The van der Waals surface area contributed by atoms with Crippen molar-refractivity contribution in [2.45, 2.75) is 6.54 Å². The standard InChI is InChI=1S/C26H24N4O4/c1-29(2)13-12-27-21-11-10-17(14-28-21)30-15-16-6-3-4-9-20(16)34-26-23(30)24(32)18-7-5-8-19(31)22(18)25(26)33/h3-11,14,31H,12-13,15H2,1-2H3,(H,27,28). The summed E-state index contributed by atoms with van der Waals surface area (Å²) in [5.41, 5.74) is 1.71. The first-order valence-electron chi connectivity index (χ1n) is 11.0. The Balaban J connectivity index is 1.58. The molecule has 2 N–H and O–H groups in total. The molecule has 5 rings (SSSR count). The van der Waals surface area contributed by atoms with E-state index in [1.165, 1.54) is 6.07 Å². The number of ether oxygens (including phenoxy) is 1. The Bertz CT molecular complexity index is 1310. The summed E-state index contributed by atoms with van der Waals surface area (Å²) in [4.78, 5) is 35.4. The van der Waals surface area contributed by atoms with Gasteiger partial charge in [-0.25, -0.2) is 4.98 Å². The zero-order valence-electron chi connectivity index (χ0n) is 18.9. The highest BCUT2D eigenvalue weighted by molar-refractivity contribution is 6.28. The van der Waals surface area contributed by atoms with Gasteiger partial charge in [-0.2, -0.15) is 0 Å². The topological polar surface area (TPSA) is 95.0 Å². The minimum absolute atomic E-state index is 0.0378. The molecule has 1 aliphatic carbocycles. The molecule has 0 radical (unpaired) electrons. The number of nitrogens with zero attached hydrogens (tertiary/aromatic N) is 3. The lowest BCUT2D eigenvalue weighted by molar-refractivity contribution is 0.0933. The van der Waals surface area contributed by atoms with E-state index in [0.717, 1.165) is 18.7 Å². The number of benzene rings is 2. The molecular formula is C26H24N4O4. The highest BCUT2D eigenvalue weighted by Crippen LogP contribution is 2.40. The van der Waals surface area contributed by atoms with E-state index < -0.39 is 5.78 Å². The first-order valence-corrected chi connectivity index (χ1v) is 11.0. The van der Waals surface area contributed by atoms with Gasteiger partial charge in [0.15, 0.2) is 0 Å². The molecular weight excluding hydrogens is 432 g/mol. The average Bonchev–Trinajstić information content (AvgIpc) is 3.00. The number of rotatable bonds is 5. The monoisotopic (exact) mass is 456 g/mol. The number of phenolic OH excluding ortho intramolecular Hbond substituents is 1. The third kappa shape index (κ3) is 3.78. The zero-order valence-corrected chi connectivity index (χ0v) is 18.9. The Morgan fingerprint density at radius 1 is 1.06 bits per heavy atom. The molecule has 0 atom stereocenters. The van der Waals surface area contributed by atoms with Crippen molar-refractivity contribution in [1.82, 2.24) is 9.88 Å². The van der Waals surface area contributed by atoms with Crippen LogP contribution in [0.15, 0.2) is 72.3 Å². The van der Waals surface area contributed by atoms with Crippen molar-refractivity contribution in [2.24, 2.45) is 0 Å². The van der Waals surface area contributed by atoms with Crippen molar-refractivity contribution < 1.29 is 19.4 Å². The summed E-state index contributed by atoms with van der Waals surface area (Å²) in [7, 11) is 4.01. The fourth-order valence-electron chi connectivity index (χ4n) is 4.13. The van der Waals surface area contributed by atoms with Crippen LogP contribution in [0.1, 0.15) is 26.3 Å². The zero-order chi connectivity index (χ0) is 23.8. The number of Topliss-reactive ketones (excluding diaryl/α,β-unsaturated/α-hetero) is 2. The van der Waals surface area contributed by atoms with Crippen LogP contribution in [-0.2, 0) is 6.54 Å². The Morgan fingerprint density at radius 3 is 2.65 bits per heavy atom. The lowest BCUT2D eigenvalue weighted by Crippen LogP contribution is -2.34. The Kier molecular flexibility index (Phi) is 5.51. The average molecular weight is 457 g/mol. The smallest absolute Gasteiger partial charge is 0.235 e. The summed E-state index contributed by atoms with van der Waals surface area (Å²) in [6.45, 7) is 1.92. The molecule has 0 unspecified atom stereocenters. The van der Waals surface area contributed by atoms with E-state index in [0.29, 0.717) is 23.8 Å². The van der Waals surface area contributed by atoms with E-state index >= 15 is 0 Å². The molecule has 1 aromatic heterocycles. The molecule has 0 bridgehead atoms. The van der Waals surface area contributed by atoms with Crippen LogP contribution in [0.25, 0.3) is 0 Å². The second-order valence-corrected chi connectivity index (χ2v) is 8.46. The first kappa shape index (κ1) is 21.7. The molecule has 0 saturated carbocycles. The minimum Gasteiger partial charge on any atom is -0.507 e. The van der Waals surface area contributed by atoms with Gasteiger partial charge in [0, 0.05) is 24.2 Å². The SMILES string of the molecule is CN(C)CCNc1ccc(N2Cc3ccccc3OC3=C2C(=O)c2cccc(O)c2C3=O)cn1. The number of para-hydroxylation sites is 1. The van der Waals surface area contributed by atoms with Crippen LogP contribution in [0.3, 0.4) is 0 Å². The van der Waals surface area contributed by atoms with Crippen LogP contribution in [0.4, 0.5) is 11.5 Å². The molecule has 8 nitrogen and oxygen atoms in total. The van der Waals surface area contributed by atoms with Crippen LogP contribution in [0.2, 0.25) is 0 Å². The summed E-state index contributed by atoms with van der Waals surface area (Å²) in [5, 5.41) is 13.6. The predicted molar refractivity (Wildman–Crippen MR) is 128 cm³/mol. The normalized spacial score (nSPS) is 14.9. The Labute approximate surface area is 197 Å². The van der Waals surface area contributed by atoms with Gasteiger partial charge in [-0.05, 0) is 44.4 Å². The number of fused-ring (bicyclic) bond motifs is 2. The number of carbonyl (C=O) groups excluding carboxylic acids is 2. The fourth-order valence-corrected chi connectivity index (χ4v) is 4.13. The number of likely N-dealkylation sites (N-methyl/N-ethyl adjacent to an activating group) is 1. The third-order valence-electron chi connectivity index (χ3n) is 5.86. The number of pyridine rings is 1. The maximum atomic E-state index is 13.6. The number of anilines is 2. The number of hydrogen-bond acceptors (Lipinski definition) is 8. The van der Waals surface area contributed by atoms with E-state index in [1.807, 2.05) is 44.4 Å². The quantitative estimate of drug-likeness (QED) is 0.603. The Hall–Kier alpha value is -4.17. The van der Waals surface area contributed by atoms with E-state index in [4.69, 9.17) is 4.74 Å². The number of hydrogen-bond donors (Lipinski definition) is 2. The number of aromatic nitrogens is 1. The van der Waals surface area contributed by atoms with Crippen molar-refractivity contribution in [3.8, 4) is 11.5 Å². The van der Waals surface area contributed by atoms with E-state index in [2.05, 4.69) is 15.2 Å². The van der Waals surface area contributed by atoms with Crippen molar-refractivity contribution in [1.29, 1.82) is 0 Å². The third-order valence-corrected chi connectivity index (χ3v) is 5.86. The summed E-state index contributed by atoms with van der Waals surface area (Å²) in [5.74, 6) is -0.0529. The van der Waals surface area contributed by atoms with Gasteiger partial charge in [-0.3, -0.25) is 9.59 Å². The molecule has 172 valence electrons. The predicted octanol–water partition coefficient (Wildman–Crippen LogP) is 3.45. The van der Waals surface area contributed by atoms with Crippen LogP contribution in [-0.4, -0.2) is 53.7 Å². The van der Waals surface area contributed by atoms with Gasteiger partial charge in [-0.1, -0.05) is 24.3 Å². The summed E-state index contributed by atoms with van der Waals surface area (Å²) in [6.07, 6.45) is 1.67. The first-order chi connectivity index (χ1) is 16.4. The lowest BCUT2D eigenvalue weighted by Gasteiger charge is -2.28. The largest absolute Gasteiger partial charge is 0.507 e. The maximum absolute atomic E-state index is 13.6. The number of phenols is 1. The maximum Gasteiger partial charge on any atom is 0.235 e. The number of allylic oxidation sites excluding steroid dienone is 2. The van der Waals surface area contributed by atoms with Gasteiger partial charge in [0.05, 0.1) is 24.0 Å². The van der Waals surface area contributed by atoms with Crippen molar-refractivity contribution in [2.75, 3.05) is 37.4 Å². The summed E-state index contributed by atoms with van der Waals surface area (Å²) < 4.78 is 6.03. The van der Waals surface area contributed by atoms with Gasteiger partial charge >= 0.3 is 0 Å². The van der Waals surface area contributed by atoms with Gasteiger partial charge in [0.2, 0.25) is 17.3 Å². The molecule has 2 aliphatic rings. The molecule has 0 saturated heterocycles. The molecule has 0 spiro atoms.